The number of hydrogen-bond donors (Lipinski definition) is 1. The molecule has 1 aromatic heterocycles. The third kappa shape index (κ3) is 3.44. The number of sulfonamides is 1. The number of nitrogens with two attached hydrogens (primary N) is 1. The monoisotopic (exact) mass is 331 g/mol. The van der Waals surface area contributed by atoms with Crippen LogP contribution in [0.4, 0.5) is 0 Å². The van der Waals surface area contributed by atoms with E-state index in [0.717, 1.165) is 12.8 Å². The first-order valence-electron chi connectivity index (χ1n) is 7.82. The Morgan fingerprint density at radius 2 is 1.91 bits per heavy atom. The summed E-state index contributed by atoms with van der Waals surface area (Å²) in [5.74, 6) is 0.234. The summed E-state index contributed by atoms with van der Waals surface area (Å²) in [7, 11) is -3.57. The van der Waals surface area contributed by atoms with Crippen LogP contribution in [0.3, 0.4) is 0 Å². The van der Waals surface area contributed by atoms with Crippen LogP contribution in [0.2, 0.25) is 0 Å². The van der Waals surface area contributed by atoms with Gasteiger partial charge in [0.25, 0.3) is 10.0 Å². The van der Waals surface area contributed by atoms with Crippen LogP contribution in [0, 0.1) is 0 Å². The molecule has 122 valence electrons. The van der Waals surface area contributed by atoms with Gasteiger partial charge in [-0.2, -0.15) is 4.31 Å². The number of rotatable bonds is 4. The van der Waals surface area contributed by atoms with Gasteiger partial charge in [0.05, 0.1) is 5.69 Å². The first-order valence-corrected chi connectivity index (χ1v) is 9.26. The third-order valence-electron chi connectivity index (χ3n) is 4.25. The Morgan fingerprint density at radius 3 is 2.65 bits per heavy atom. The van der Waals surface area contributed by atoms with Gasteiger partial charge in [0, 0.05) is 19.6 Å². The Kier molecular flexibility index (Phi) is 4.75. The van der Waals surface area contributed by atoms with Crippen molar-refractivity contribution in [2.24, 2.45) is 5.73 Å². The second-order valence-electron chi connectivity index (χ2n) is 5.78. The van der Waals surface area contributed by atoms with Crippen molar-refractivity contribution in [2.75, 3.05) is 13.1 Å². The molecule has 1 aliphatic heterocycles. The maximum absolute atomic E-state index is 12.9. The van der Waals surface area contributed by atoms with E-state index in [4.69, 9.17) is 5.73 Å². The van der Waals surface area contributed by atoms with E-state index in [-0.39, 0.29) is 17.5 Å². The molecule has 1 atom stereocenters. The van der Waals surface area contributed by atoms with Crippen LogP contribution in [0.15, 0.2) is 53.6 Å². The SMILES string of the molecule is NCc1cccc(S(=O)(=O)N2CCCC(c3ccccc3)C2)n1. The molecule has 2 heterocycles. The zero-order chi connectivity index (χ0) is 16.3. The summed E-state index contributed by atoms with van der Waals surface area (Å²) in [5.41, 5.74) is 7.34. The quantitative estimate of drug-likeness (QED) is 0.931. The van der Waals surface area contributed by atoms with Gasteiger partial charge in [-0.25, -0.2) is 13.4 Å². The summed E-state index contributed by atoms with van der Waals surface area (Å²) in [4.78, 5) is 4.18. The number of pyridine rings is 1. The summed E-state index contributed by atoms with van der Waals surface area (Å²) in [6, 6.07) is 15.1. The Morgan fingerprint density at radius 1 is 1.13 bits per heavy atom. The van der Waals surface area contributed by atoms with Gasteiger partial charge in [0.15, 0.2) is 5.03 Å². The van der Waals surface area contributed by atoms with E-state index in [1.54, 1.807) is 22.5 Å². The Labute approximate surface area is 137 Å². The largest absolute Gasteiger partial charge is 0.325 e. The topological polar surface area (TPSA) is 76.3 Å². The standard InChI is InChI=1S/C17H21N3O2S/c18-12-16-9-4-10-17(19-16)23(21,22)20-11-5-8-15(13-20)14-6-2-1-3-7-14/h1-4,6-7,9-10,15H,5,8,11-13,18H2. The fourth-order valence-electron chi connectivity index (χ4n) is 3.01. The molecule has 6 heteroatoms. The number of nitrogens with zero attached hydrogens (tertiary/aromatic N) is 2. The molecule has 0 aliphatic carbocycles. The van der Waals surface area contributed by atoms with Crippen LogP contribution < -0.4 is 5.73 Å². The minimum absolute atomic E-state index is 0.0918. The molecule has 1 unspecified atom stereocenters. The van der Waals surface area contributed by atoms with Gasteiger partial charge < -0.3 is 5.73 Å². The second-order valence-corrected chi connectivity index (χ2v) is 7.67. The molecule has 0 bridgehead atoms. The van der Waals surface area contributed by atoms with Crippen molar-refractivity contribution in [1.82, 2.24) is 9.29 Å². The molecule has 1 aromatic carbocycles. The summed E-state index contributed by atoms with van der Waals surface area (Å²) in [6.45, 7) is 1.27. The number of aromatic nitrogens is 1. The van der Waals surface area contributed by atoms with E-state index in [9.17, 15) is 8.42 Å². The fraction of sp³-hybridized carbons (Fsp3) is 0.353. The minimum Gasteiger partial charge on any atom is -0.325 e. The molecular weight excluding hydrogens is 310 g/mol. The van der Waals surface area contributed by atoms with Crippen LogP contribution in [-0.4, -0.2) is 30.8 Å². The van der Waals surface area contributed by atoms with Gasteiger partial charge in [0.2, 0.25) is 0 Å². The molecule has 1 saturated heterocycles. The molecule has 0 radical (unpaired) electrons. The maximum Gasteiger partial charge on any atom is 0.260 e. The highest BCUT2D eigenvalue weighted by molar-refractivity contribution is 7.89. The van der Waals surface area contributed by atoms with Crippen LogP contribution in [0.25, 0.3) is 0 Å². The number of hydrogen-bond acceptors (Lipinski definition) is 4. The molecule has 0 spiro atoms. The summed E-state index contributed by atoms with van der Waals surface area (Å²) in [6.07, 6.45) is 1.86. The molecule has 2 N–H and O–H groups in total. The van der Waals surface area contributed by atoms with E-state index >= 15 is 0 Å². The second kappa shape index (κ2) is 6.78. The van der Waals surface area contributed by atoms with Gasteiger partial charge in [-0.3, -0.25) is 0 Å². The third-order valence-corrected chi connectivity index (χ3v) is 6.02. The predicted molar refractivity (Wildman–Crippen MR) is 89.3 cm³/mol. The molecule has 3 rings (SSSR count). The number of benzene rings is 1. The van der Waals surface area contributed by atoms with Crippen LogP contribution >= 0.6 is 0 Å². The lowest BCUT2D eigenvalue weighted by Gasteiger charge is -2.32. The molecule has 5 nitrogen and oxygen atoms in total. The fourth-order valence-corrected chi connectivity index (χ4v) is 4.50. The normalized spacial score (nSPS) is 19.6. The van der Waals surface area contributed by atoms with Crippen molar-refractivity contribution in [2.45, 2.75) is 30.3 Å². The lowest BCUT2D eigenvalue weighted by molar-refractivity contribution is 0.315. The highest BCUT2D eigenvalue weighted by Gasteiger charge is 2.31. The minimum atomic E-state index is -3.57. The van der Waals surface area contributed by atoms with Gasteiger partial charge in [-0.15, -0.1) is 0 Å². The van der Waals surface area contributed by atoms with Crippen LogP contribution in [-0.2, 0) is 16.6 Å². The summed E-state index contributed by atoms with van der Waals surface area (Å²) < 4.78 is 27.3. The molecular formula is C17H21N3O2S. The Bertz CT molecular complexity index is 762. The van der Waals surface area contributed by atoms with Crippen molar-refractivity contribution in [3.05, 3.63) is 59.8 Å². The van der Waals surface area contributed by atoms with E-state index in [0.29, 0.717) is 18.8 Å². The Hall–Kier alpha value is -1.76. The molecule has 2 aromatic rings. The van der Waals surface area contributed by atoms with Gasteiger partial charge in [0.1, 0.15) is 0 Å². The van der Waals surface area contributed by atoms with Crippen LogP contribution in [0.1, 0.15) is 30.0 Å². The van der Waals surface area contributed by atoms with Crippen molar-refractivity contribution >= 4 is 10.0 Å². The van der Waals surface area contributed by atoms with E-state index in [1.165, 1.54) is 5.56 Å². The van der Waals surface area contributed by atoms with Crippen molar-refractivity contribution in [3.63, 3.8) is 0 Å². The van der Waals surface area contributed by atoms with Gasteiger partial charge in [-0.1, -0.05) is 36.4 Å². The Balaban J connectivity index is 1.85. The highest BCUT2D eigenvalue weighted by atomic mass is 32.2. The van der Waals surface area contributed by atoms with E-state index in [2.05, 4.69) is 17.1 Å². The van der Waals surface area contributed by atoms with Gasteiger partial charge in [-0.05, 0) is 36.5 Å². The lowest BCUT2D eigenvalue weighted by atomic mass is 9.92. The average molecular weight is 331 g/mol. The van der Waals surface area contributed by atoms with Crippen molar-refractivity contribution < 1.29 is 8.42 Å². The first kappa shape index (κ1) is 16.1. The molecule has 0 amide bonds. The maximum atomic E-state index is 12.9. The molecule has 1 aliphatic rings. The average Bonchev–Trinajstić information content (AvgIpc) is 2.62. The lowest BCUT2D eigenvalue weighted by Crippen LogP contribution is -2.39. The number of piperidine rings is 1. The molecule has 23 heavy (non-hydrogen) atoms. The predicted octanol–water partition coefficient (Wildman–Crippen LogP) is 2.11. The first-order chi connectivity index (χ1) is 11.1. The van der Waals surface area contributed by atoms with Crippen LogP contribution in [0.5, 0.6) is 0 Å². The molecule has 1 fully saturated rings. The summed E-state index contributed by atoms with van der Waals surface area (Å²) >= 11 is 0. The zero-order valence-corrected chi connectivity index (χ0v) is 13.7. The van der Waals surface area contributed by atoms with Gasteiger partial charge >= 0.3 is 0 Å². The van der Waals surface area contributed by atoms with E-state index < -0.39 is 10.0 Å². The van der Waals surface area contributed by atoms with E-state index in [1.807, 2.05) is 18.2 Å². The molecule has 0 saturated carbocycles. The highest BCUT2D eigenvalue weighted by Crippen LogP contribution is 2.29. The summed E-state index contributed by atoms with van der Waals surface area (Å²) in [5, 5.41) is 0.0918. The zero-order valence-electron chi connectivity index (χ0n) is 12.9. The van der Waals surface area contributed by atoms with Crippen molar-refractivity contribution in [3.8, 4) is 0 Å². The smallest absolute Gasteiger partial charge is 0.260 e. The van der Waals surface area contributed by atoms with Crippen molar-refractivity contribution in [1.29, 1.82) is 0 Å².